The number of nitrogens with one attached hydrogen (secondary N) is 1. The predicted molar refractivity (Wildman–Crippen MR) is 65.1 cm³/mol. The Hall–Kier alpha value is -1.86. The van der Waals surface area contributed by atoms with Crippen molar-refractivity contribution in [2.75, 3.05) is 0 Å². The molecule has 1 aromatic carbocycles. The molecule has 7 nitrogen and oxygen atoms in total. The van der Waals surface area contributed by atoms with Crippen molar-refractivity contribution in [2.45, 2.75) is 19.4 Å². The van der Waals surface area contributed by atoms with E-state index in [0.29, 0.717) is 6.42 Å². The quantitative estimate of drug-likeness (QED) is 0.365. The molecule has 0 saturated carbocycles. The van der Waals surface area contributed by atoms with Gasteiger partial charge in [-0.3, -0.25) is 20.3 Å². The number of nitrogens with zero attached hydrogens (tertiary/aromatic N) is 1. The van der Waals surface area contributed by atoms with Crippen LogP contribution >= 0.6 is 11.6 Å². The number of ether oxygens (including phenoxy) is 1. The summed E-state index contributed by atoms with van der Waals surface area (Å²) in [5, 5.41) is 10.6. The first kappa shape index (κ1) is 14.2. The lowest BCUT2D eigenvalue weighted by atomic mass is 10.2. The number of nitro benzene ring substituents is 1. The lowest BCUT2D eigenvalue weighted by Crippen LogP contribution is -2.41. The Labute approximate surface area is 108 Å². The third kappa shape index (κ3) is 3.31. The average Bonchev–Trinajstić information content (AvgIpc) is 2.36. The van der Waals surface area contributed by atoms with Crippen molar-refractivity contribution in [3.63, 3.8) is 0 Å². The summed E-state index contributed by atoms with van der Waals surface area (Å²) in [7, 11) is 0. The maximum Gasteiger partial charge on any atom is 0.274 e. The first-order valence-electron chi connectivity index (χ1n) is 5.10. The zero-order valence-electron chi connectivity index (χ0n) is 9.55. The summed E-state index contributed by atoms with van der Waals surface area (Å²) in [6.07, 6.45) is -0.412. The van der Waals surface area contributed by atoms with E-state index in [1.807, 2.05) is 5.43 Å². The van der Waals surface area contributed by atoms with E-state index in [4.69, 9.17) is 22.2 Å². The molecular weight excluding hydrogens is 262 g/mol. The summed E-state index contributed by atoms with van der Waals surface area (Å²) in [6, 6.07) is 3.74. The number of amides is 1. The van der Waals surface area contributed by atoms with Gasteiger partial charge in [0.1, 0.15) is 5.75 Å². The van der Waals surface area contributed by atoms with Crippen LogP contribution in [0.15, 0.2) is 18.2 Å². The van der Waals surface area contributed by atoms with Gasteiger partial charge in [0.2, 0.25) is 0 Å². The van der Waals surface area contributed by atoms with E-state index in [2.05, 4.69) is 0 Å². The molecule has 98 valence electrons. The monoisotopic (exact) mass is 273 g/mol. The molecule has 0 spiro atoms. The molecule has 0 saturated heterocycles. The van der Waals surface area contributed by atoms with Crippen molar-refractivity contribution in [1.29, 1.82) is 0 Å². The predicted octanol–water partition coefficient (Wildman–Crippen LogP) is 1.40. The normalized spacial score (nSPS) is 11.7. The maximum absolute atomic E-state index is 11.3. The van der Waals surface area contributed by atoms with Crippen molar-refractivity contribution in [3.05, 3.63) is 33.3 Å². The first-order valence-corrected chi connectivity index (χ1v) is 5.48. The SMILES string of the molecule is CCC(Oc1ccc([N+](=O)[O-])cc1Cl)C(=O)NN. The zero-order valence-corrected chi connectivity index (χ0v) is 10.3. The van der Waals surface area contributed by atoms with Crippen LogP contribution < -0.4 is 16.0 Å². The molecule has 0 radical (unpaired) electrons. The number of halogens is 1. The van der Waals surface area contributed by atoms with Gasteiger partial charge in [-0.25, -0.2) is 5.84 Å². The summed E-state index contributed by atoms with van der Waals surface area (Å²) in [4.78, 5) is 21.3. The molecule has 1 aromatic rings. The number of hydrazine groups is 1. The molecule has 0 aliphatic rings. The van der Waals surface area contributed by atoms with Gasteiger partial charge in [-0.05, 0) is 12.5 Å². The molecule has 0 fully saturated rings. The zero-order chi connectivity index (χ0) is 13.7. The molecule has 1 rings (SSSR count). The molecular formula is C10H12ClN3O4. The number of hydrogen-bond acceptors (Lipinski definition) is 5. The van der Waals surface area contributed by atoms with Crippen LogP contribution in [0.3, 0.4) is 0 Å². The maximum atomic E-state index is 11.3. The third-order valence-electron chi connectivity index (χ3n) is 2.20. The first-order chi connectivity index (χ1) is 8.49. The molecule has 8 heteroatoms. The minimum absolute atomic E-state index is 0.0625. The van der Waals surface area contributed by atoms with E-state index >= 15 is 0 Å². The summed E-state index contributed by atoms with van der Waals surface area (Å²) in [6.45, 7) is 1.74. The molecule has 1 unspecified atom stereocenters. The van der Waals surface area contributed by atoms with E-state index in [9.17, 15) is 14.9 Å². The van der Waals surface area contributed by atoms with Crippen LogP contribution in [0.1, 0.15) is 13.3 Å². The third-order valence-corrected chi connectivity index (χ3v) is 2.50. The lowest BCUT2D eigenvalue weighted by molar-refractivity contribution is -0.384. The number of non-ortho nitro benzene ring substituents is 1. The van der Waals surface area contributed by atoms with Crippen molar-refractivity contribution in [2.24, 2.45) is 5.84 Å². The van der Waals surface area contributed by atoms with E-state index in [1.54, 1.807) is 6.92 Å². The highest BCUT2D eigenvalue weighted by atomic mass is 35.5. The smallest absolute Gasteiger partial charge is 0.274 e. The number of carbonyl (C=O) groups is 1. The molecule has 0 heterocycles. The lowest BCUT2D eigenvalue weighted by Gasteiger charge is -2.16. The Kier molecular flexibility index (Phi) is 4.87. The molecule has 0 bridgehead atoms. The molecule has 1 atom stereocenters. The van der Waals surface area contributed by atoms with E-state index < -0.39 is 16.9 Å². The number of nitro groups is 1. The number of hydrogen-bond donors (Lipinski definition) is 2. The second-order valence-electron chi connectivity index (χ2n) is 3.40. The van der Waals surface area contributed by atoms with Gasteiger partial charge in [0, 0.05) is 12.1 Å². The topological polar surface area (TPSA) is 107 Å². The number of benzene rings is 1. The molecule has 1 amide bonds. The van der Waals surface area contributed by atoms with Gasteiger partial charge in [0.05, 0.1) is 9.95 Å². The minimum Gasteiger partial charge on any atom is -0.479 e. The summed E-state index contributed by atoms with van der Waals surface area (Å²) >= 11 is 5.83. The van der Waals surface area contributed by atoms with E-state index in [-0.39, 0.29) is 16.5 Å². The molecule has 18 heavy (non-hydrogen) atoms. The fourth-order valence-electron chi connectivity index (χ4n) is 1.27. The number of rotatable bonds is 5. The summed E-state index contributed by atoms with van der Waals surface area (Å²) in [5.41, 5.74) is 1.82. The van der Waals surface area contributed by atoms with Crippen molar-refractivity contribution in [1.82, 2.24) is 5.43 Å². The van der Waals surface area contributed by atoms with Crippen LogP contribution in [-0.4, -0.2) is 16.9 Å². The van der Waals surface area contributed by atoms with Gasteiger partial charge in [-0.15, -0.1) is 0 Å². The highest BCUT2D eigenvalue weighted by Crippen LogP contribution is 2.29. The van der Waals surface area contributed by atoms with Crippen LogP contribution in [0, 0.1) is 10.1 Å². The second-order valence-corrected chi connectivity index (χ2v) is 3.80. The van der Waals surface area contributed by atoms with Crippen molar-refractivity contribution in [3.8, 4) is 5.75 Å². The Morgan fingerprint density at radius 1 is 1.67 bits per heavy atom. The van der Waals surface area contributed by atoms with Crippen LogP contribution in [-0.2, 0) is 4.79 Å². The summed E-state index contributed by atoms with van der Waals surface area (Å²) < 4.78 is 5.34. The van der Waals surface area contributed by atoms with Crippen LogP contribution in [0.4, 0.5) is 5.69 Å². The van der Waals surface area contributed by atoms with Crippen LogP contribution in [0.25, 0.3) is 0 Å². The molecule has 0 aromatic heterocycles. The van der Waals surface area contributed by atoms with Crippen LogP contribution in [0.2, 0.25) is 5.02 Å². The molecule has 3 N–H and O–H groups in total. The largest absolute Gasteiger partial charge is 0.479 e. The fraction of sp³-hybridized carbons (Fsp3) is 0.300. The standard InChI is InChI=1S/C10H12ClN3O4/c1-2-8(10(15)13-12)18-9-4-3-6(14(16)17)5-7(9)11/h3-5,8H,2,12H2,1H3,(H,13,15). The minimum atomic E-state index is -0.797. The van der Waals surface area contributed by atoms with Crippen molar-refractivity contribution >= 4 is 23.2 Å². The van der Waals surface area contributed by atoms with Gasteiger partial charge in [-0.2, -0.15) is 0 Å². The van der Waals surface area contributed by atoms with Gasteiger partial charge < -0.3 is 4.74 Å². The highest BCUT2D eigenvalue weighted by molar-refractivity contribution is 6.32. The average molecular weight is 274 g/mol. The van der Waals surface area contributed by atoms with Crippen LogP contribution in [0.5, 0.6) is 5.75 Å². The summed E-state index contributed by atoms with van der Waals surface area (Å²) in [5.74, 6) is 4.70. The van der Waals surface area contributed by atoms with Gasteiger partial charge in [0.15, 0.2) is 6.10 Å². The van der Waals surface area contributed by atoms with Gasteiger partial charge in [-0.1, -0.05) is 18.5 Å². The molecule has 0 aliphatic carbocycles. The Bertz CT molecular complexity index is 466. The second kappa shape index (κ2) is 6.18. The Balaban J connectivity index is 2.90. The number of carbonyl (C=O) groups excluding carboxylic acids is 1. The Morgan fingerprint density at radius 3 is 2.78 bits per heavy atom. The number of nitrogens with two attached hydrogens (primary N) is 1. The highest BCUT2D eigenvalue weighted by Gasteiger charge is 2.19. The van der Waals surface area contributed by atoms with Gasteiger partial charge >= 0.3 is 0 Å². The fourth-order valence-corrected chi connectivity index (χ4v) is 1.49. The van der Waals surface area contributed by atoms with Crippen molar-refractivity contribution < 1.29 is 14.5 Å². The Morgan fingerprint density at radius 2 is 2.33 bits per heavy atom. The molecule has 0 aliphatic heterocycles. The van der Waals surface area contributed by atoms with E-state index in [1.165, 1.54) is 12.1 Å². The van der Waals surface area contributed by atoms with Gasteiger partial charge in [0.25, 0.3) is 11.6 Å². The van der Waals surface area contributed by atoms with E-state index in [0.717, 1.165) is 6.07 Å².